The Morgan fingerprint density at radius 1 is 1.56 bits per heavy atom. The Kier molecular flexibility index (Phi) is 2.01. The van der Waals surface area contributed by atoms with Crippen molar-refractivity contribution in [3.05, 3.63) is 23.8 Å². The molecule has 0 bridgehead atoms. The topological polar surface area (TPSA) is 26.0 Å². The molecule has 0 unspecified atom stereocenters. The maximum Gasteiger partial charge on any atom is 0.103 e. The number of rotatable bonds is 1. The summed E-state index contributed by atoms with van der Waals surface area (Å²) in [6.07, 6.45) is 8.33. The Hall–Kier alpha value is -0.630. The first-order valence-corrected chi connectivity index (χ1v) is 3.38. The smallest absolute Gasteiger partial charge is 0.103 e. The number of nitrogens with two attached hydrogens (primary N) is 1. The lowest BCUT2D eigenvalue weighted by molar-refractivity contribution is 1.03. The van der Waals surface area contributed by atoms with E-state index in [1.54, 1.807) is 0 Å². The highest BCUT2D eigenvalue weighted by atomic mass is 32.1. The maximum atomic E-state index is 5.38. The van der Waals surface area contributed by atoms with E-state index < -0.39 is 0 Å². The third-order valence-corrected chi connectivity index (χ3v) is 1.52. The molecule has 1 rings (SSSR count). The fourth-order valence-corrected chi connectivity index (χ4v) is 0.948. The molecule has 2 heteroatoms. The molecular formula is C7H9NS. The normalized spacial score (nSPS) is 17.1. The van der Waals surface area contributed by atoms with Crippen LogP contribution in [0.5, 0.6) is 0 Å². The zero-order valence-corrected chi connectivity index (χ0v) is 5.95. The predicted molar refractivity (Wildman–Crippen MR) is 43.2 cm³/mol. The van der Waals surface area contributed by atoms with Crippen molar-refractivity contribution in [3.8, 4) is 0 Å². The average molecular weight is 139 g/mol. The molecule has 0 aromatic heterocycles. The van der Waals surface area contributed by atoms with E-state index in [9.17, 15) is 0 Å². The zero-order valence-electron chi connectivity index (χ0n) is 5.13. The molecular weight excluding hydrogens is 130 g/mol. The summed E-state index contributed by atoms with van der Waals surface area (Å²) in [5, 5.41) is 0. The molecule has 0 saturated carbocycles. The largest absolute Gasteiger partial charge is 0.389 e. The van der Waals surface area contributed by atoms with Gasteiger partial charge in [0.05, 0.1) is 0 Å². The van der Waals surface area contributed by atoms with E-state index in [0.29, 0.717) is 4.99 Å². The minimum absolute atomic E-state index is 0.506. The van der Waals surface area contributed by atoms with Gasteiger partial charge in [0.15, 0.2) is 0 Å². The van der Waals surface area contributed by atoms with Crippen LogP contribution in [0.15, 0.2) is 23.8 Å². The van der Waals surface area contributed by atoms with Crippen molar-refractivity contribution >= 4 is 17.2 Å². The Balaban J connectivity index is 2.69. The molecule has 48 valence electrons. The first-order valence-electron chi connectivity index (χ1n) is 2.97. The van der Waals surface area contributed by atoms with Gasteiger partial charge in [0.25, 0.3) is 0 Å². The van der Waals surface area contributed by atoms with E-state index in [-0.39, 0.29) is 0 Å². The average Bonchev–Trinajstić information content (AvgIpc) is 1.90. The Morgan fingerprint density at radius 2 is 2.33 bits per heavy atom. The van der Waals surface area contributed by atoms with Crippen LogP contribution in [-0.2, 0) is 0 Å². The molecule has 0 atom stereocenters. The highest BCUT2D eigenvalue weighted by molar-refractivity contribution is 7.80. The van der Waals surface area contributed by atoms with E-state index in [4.69, 9.17) is 18.0 Å². The monoisotopic (exact) mass is 139 g/mol. The third kappa shape index (κ3) is 1.64. The Labute approximate surface area is 60.2 Å². The van der Waals surface area contributed by atoms with Crippen LogP contribution in [0.2, 0.25) is 0 Å². The summed E-state index contributed by atoms with van der Waals surface area (Å²) in [7, 11) is 0. The summed E-state index contributed by atoms with van der Waals surface area (Å²) in [4.78, 5) is 0.506. The van der Waals surface area contributed by atoms with Crippen LogP contribution in [0.3, 0.4) is 0 Å². The highest BCUT2D eigenvalue weighted by Gasteiger charge is 1.97. The minimum atomic E-state index is 0.506. The van der Waals surface area contributed by atoms with Crippen LogP contribution in [0, 0.1) is 0 Å². The lowest BCUT2D eigenvalue weighted by atomic mass is 10.1. The summed E-state index contributed by atoms with van der Waals surface area (Å²) in [6.45, 7) is 0. The Morgan fingerprint density at radius 3 is 2.67 bits per heavy atom. The number of hydrogen-bond acceptors (Lipinski definition) is 1. The fourth-order valence-electron chi connectivity index (χ4n) is 0.796. The van der Waals surface area contributed by atoms with Gasteiger partial charge in [-0.15, -0.1) is 0 Å². The molecule has 0 heterocycles. The fraction of sp³-hybridized carbons (Fsp3) is 0.286. The molecule has 0 fully saturated rings. The van der Waals surface area contributed by atoms with Crippen LogP contribution >= 0.6 is 12.2 Å². The first kappa shape index (κ1) is 6.49. The summed E-state index contributed by atoms with van der Waals surface area (Å²) >= 11 is 4.77. The maximum absolute atomic E-state index is 5.38. The zero-order chi connectivity index (χ0) is 6.69. The lowest BCUT2D eigenvalue weighted by Crippen LogP contribution is -2.10. The quantitative estimate of drug-likeness (QED) is 0.558. The van der Waals surface area contributed by atoms with Crippen LogP contribution in [0.1, 0.15) is 12.8 Å². The second-order valence-electron chi connectivity index (χ2n) is 2.00. The van der Waals surface area contributed by atoms with Crippen LogP contribution < -0.4 is 5.73 Å². The minimum Gasteiger partial charge on any atom is -0.389 e. The lowest BCUT2D eigenvalue weighted by Gasteiger charge is -2.02. The van der Waals surface area contributed by atoms with Crippen molar-refractivity contribution in [1.29, 1.82) is 0 Å². The van der Waals surface area contributed by atoms with Crippen molar-refractivity contribution in [2.75, 3.05) is 0 Å². The van der Waals surface area contributed by atoms with E-state index in [0.717, 1.165) is 18.4 Å². The van der Waals surface area contributed by atoms with Gasteiger partial charge >= 0.3 is 0 Å². The number of allylic oxidation sites excluding steroid dienone is 2. The van der Waals surface area contributed by atoms with Gasteiger partial charge < -0.3 is 5.73 Å². The third-order valence-electron chi connectivity index (χ3n) is 1.28. The molecule has 1 aliphatic carbocycles. The van der Waals surface area contributed by atoms with Crippen LogP contribution in [0.4, 0.5) is 0 Å². The van der Waals surface area contributed by atoms with E-state index in [1.165, 1.54) is 0 Å². The molecule has 0 aromatic rings. The van der Waals surface area contributed by atoms with Crippen LogP contribution in [-0.4, -0.2) is 4.99 Å². The predicted octanol–water partition coefficient (Wildman–Crippen LogP) is 1.55. The van der Waals surface area contributed by atoms with Gasteiger partial charge in [0.2, 0.25) is 0 Å². The standard InChI is InChI=1S/C7H9NS/c8-7(9)6-4-2-1-3-5-6/h2,4-5H,1,3H2,(H2,8,9). The van der Waals surface area contributed by atoms with Crippen molar-refractivity contribution in [1.82, 2.24) is 0 Å². The first-order chi connectivity index (χ1) is 4.30. The molecule has 2 N–H and O–H groups in total. The van der Waals surface area contributed by atoms with Gasteiger partial charge in [-0.1, -0.05) is 30.4 Å². The summed E-state index contributed by atoms with van der Waals surface area (Å²) in [6, 6.07) is 0. The second kappa shape index (κ2) is 2.78. The second-order valence-corrected chi connectivity index (χ2v) is 2.44. The van der Waals surface area contributed by atoms with Crippen LogP contribution in [0.25, 0.3) is 0 Å². The van der Waals surface area contributed by atoms with Gasteiger partial charge in [-0.3, -0.25) is 0 Å². The Bertz CT molecular complexity index is 179. The van der Waals surface area contributed by atoms with Gasteiger partial charge in [-0.25, -0.2) is 0 Å². The molecule has 0 saturated heterocycles. The van der Waals surface area contributed by atoms with Gasteiger partial charge in [0.1, 0.15) is 4.99 Å². The summed E-state index contributed by atoms with van der Waals surface area (Å²) in [5.74, 6) is 0. The number of hydrogen-bond donors (Lipinski definition) is 1. The van der Waals surface area contributed by atoms with Crippen molar-refractivity contribution in [2.45, 2.75) is 12.8 Å². The summed E-state index contributed by atoms with van der Waals surface area (Å²) < 4.78 is 0. The van der Waals surface area contributed by atoms with Gasteiger partial charge in [-0.05, 0) is 12.8 Å². The summed E-state index contributed by atoms with van der Waals surface area (Å²) in [5.41, 5.74) is 6.39. The molecule has 9 heavy (non-hydrogen) atoms. The van der Waals surface area contributed by atoms with Gasteiger partial charge in [-0.2, -0.15) is 0 Å². The molecule has 0 aromatic carbocycles. The van der Waals surface area contributed by atoms with Crippen molar-refractivity contribution < 1.29 is 0 Å². The molecule has 0 spiro atoms. The van der Waals surface area contributed by atoms with Crippen molar-refractivity contribution in [3.63, 3.8) is 0 Å². The molecule has 0 amide bonds. The van der Waals surface area contributed by atoms with E-state index >= 15 is 0 Å². The number of thiocarbonyl (C=S) groups is 1. The molecule has 1 aliphatic rings. The van der Waals surface area contributed by atoms with Crippen molar-refractivity contribution in [2.24, 2.45) is 5.73 Å². The van der Waals surface area contributed by atoms with E-state index in [2.05, 4.69) is 12.2 Å². The highest BCUT2D eigenvalue weighted by Crippen LogP contribution is 2.08. The van der Waals surface area contributed by atoms with Gasteiger partial charge in [0, 0.05) is 5.57 Å². The molecule has 0 aliphatic heterocycles. The SMILES string of the molecule is NC(=S)C1=CCCC=C1. The van der Waals surface area contributed by atoms with E-state index in [1.807, 2.05) is 6.08 Å². The molecule has 1 nitrogen and oxygen atoms in total. The molecule has 0 radical (unpaired) electrons.